The van der Waals surface area contributed by atoms with Crippen molar-refractivity contribution in [3.63, 3.8) is 0 Å². The van der Waals surface area contributed by atoms with E-state index in [2.05, 4.69) is 10.3 Å². The largest absolute Gasteiger partial charge is 0.494 e. The predicted molar refractivity (Wildman–Crippen MR) is 123 cm³/mol. The summed E-state index contributed by atoms with van der Waals surface area (Å²) in [6, 6.07) is 12.1. The SMILES string of the molecule is CCOc1ccc(N=C2SC(C(=O)Nc3ccc(Cl)c(Cl)c3)CC(=O)N2CC)cc1. The monoisotopic (exact) mass is 465 g/mol. The molecule has 0 spiro atoms. The van der Waals surface area contributed by atoms with Crippen molar-refractivity contribution in [2.75, 3.05) is 18.5 Å². The Morgan fingerprint density at radius 2 is 1.93 bits per heavy atom. The Bertz CT molecular complexity index is 966. The third-order valence-electron chi connectivity index (χ3n) is 4.31. The molecule has 0 bridgehead atoms. The van der Waals surface area contributed by atoms with Gasteiger partial charge in [-0.2, -0.15) is 0 Å². The van der Waals surface area contributed by atoms with Crippen LogP contribution in [0.5, 0.6) is 5.75 Å². The number of halogens is 2. The highest BCUT2D eigenvalue weighted by Crippen LogP contribution is 2.31. The van der Waals surface area contributed by atoms with Crippen molar-refractivity contribution in [2.24, 2.45) is 4.99 Å². The molecule has 9 heteroatoms. The fourth-order valence-electron chi connectivity index (χ4n) is 2.84. The molecule has 2 aromatic rings. The summed E-state index contributed by atoms with van der Waals surface area (Å²) < 4.78 is 5.44. The van der Waals surface area contributed by atoms with Crippen molar-refractivity contribution in [3.8, 4) is 5.75 Å². The number of anilines is 1. The molecule has 6 nitrogen and oxygen atoms in total. The molecule has 0 saturated carbocycles. The van der Waals surface area contributed by atoms with E-state index in [0.717, 1.165) is 5.75 Å². The molecule has 30 heavy (non-hydrogen) atoms. The highest BCUT2D eigenvalue weighted by molar-refractivity contribution is 8.15. The lowest BCUT2D eigenvalue weighted by Gasteiger charge is -2.30. The quantitative estimate of drug-likeness (QED) is 0.621. The van der Waals surface area contributed by atoms with E-state index in [4.69, 9.17) is 27.9 Å². The van der Waals surface area contributed by atoms with Crippen LogP contribution in [0.15, 0.2) is 47.5 Å². The van der Waals surface area contributed by atoms with Crippen LogP contribution in [-0.4, -0.2) is 40.3 Å². The average Bonchev–Trinajstić information content (AvgIpc) is 2.72. The van der Waals surface area contributed by atoms with Gasteiger partial charge in [-0.25, -0.2) is 4.99 Å². The maximum atomic E-state index is 12.8. The topological polar surface area (TPSA) is 71.0 Å². The molecule has 1 N–H and O–H groups in total. The number of hydrogen-bond acceptors (Lipinski definition) is 5. The number of amidine groups is 1. The molecule has 1 aliphatic rings. The number of rotatable bonds is 6. The van der Waals surface area contributed by atoms with Crippen molar-refractivity contribution < 1.29 is 14.3 Å². The highest BCUT2D eigenvalue weighted by atomic mass is 35.5. The summed E-state index contributed by atoms with van der Waals surface area (Å²) in [5.41, 5.74) is 1.20. The van der Waals surface area contributed by atoms with Gasteiger partial charge in [-0.15, -0.1) is 0 Å². The normalized spacial score (nSPS) is 17.9. The molecule has 158 valence electrons. The standard InChI is InChI=1S/C21H21Cl2N3O3S/c1-3-26-19(27)12-18(20(28)24-14-7-10-16(22)17(23)11-14)30-21(26)25-13-5-8-15(9-6-13)29-4-2/h5-11,18H,3-4,12H2,1-2H3,(H,24,28). The Morgan fingerprint density at radius 1 is 1.20 bits per heavy atom. The van der Waals surface area contributed by atoms with Crippen LogP contribution in [0.3, 0.4) is 0 Å². The van der Waals surface area contributed by atoms with Gasteiger partial charge in [-0.05, 0) is 56.3 Å². The first kappa shape index (κ1) is 22.5. The van der Waals surface area contributed by atoms with E-state index < -0.39 is 5.25 Å². The zero-order valence-corrected chi connectivity index (χ0v) is 18.9. The van der Waals surface area contributed by atoms with Crippen LogP contribution < -0.4 is 10.1 Å². The van der Waals surface area contributed by atoms with Crippen LogP contribution in [0, 0.1) is 0 Å². The van der Waals surface area contributed by atoms with Gasteiger partial charge in [0.15, 0.2) is 5.17 Å². The van der Waals surface area contributed by atoms with E-state index in [0.29, 0.717) is 39.7 Å². The van der Waals surface area contributed by atoms with Crippen LogP contribution in [0.4, 0.5) is 11.4 Å². The smallest absolute Gasteiger partial charge is 0.238 e. The first-order chi connectivity index (χ1) is 14.4. The lowest BCUT2D eigenvalue weighted by molar-refractivity contribution is -0.129. The van der Waals surface area contributed by atoms with E-state index in [9.17, 15) is 9.59 Å². The lowest BCUT2D eigenvalue weighted by Crippen LogP contribution is -2.45. The Kier molecular flexibility index (Phi) is 7.64. The van der Waals surface area contributed by atoms with Crippen molar-refractivity contribution in [1.82, 2.24) is 4.90 Å². The summed E-state index contributed by atoms with van der Waals surface area (Å²) in [6.07, 6.45) is 0.0912. The second-order valence-corrected chi connectivity index (χ2v) is 8.37. The van der Waals surface area contributed by atoms with Crippen molar-refractivity contribution in [1.29, 1.82) is 0 Å². The van der Waals surface area contributed by atoms with Crippen LogP contribution >= 0.6 is 35.0 Å². The molecule has 0 radical (unpaired) electrons. The maximum absolute atomic E-state index is 12.8. The fourth-order valence-corrected chi connectivity index (χ4v) is 4.30. The van der Waals surface area contributed by atoms with Crippen LogP contribution in [0.2, 0.25) is 10.0 Å². The van der Waals surface area contributed by atoms with Gasteiger partial charge in [0.05, 0.1) is 22.3 Å². The fraction of sp³-hybridized carbons (Fsp3) is 0.286. The number of amides is 2. The third-order valence-corrected chi connectivity index (χ3v) is 6.23. The predicted octanol–water partition coefficient (Wildman–Crippen LogP) is 5.37. The number of thioether (sulfide) groups is 1. The van der Waals surface area contributed by atoms with Crippen molar-refractivity contribution in [2.45, 2.75) is 25.5 Å². The van der Waals surface area contributed by atoms with Gasteiger partial charge in [0.1, 0.15) is 11.0 Å². The molecule has 1 unspecified atom stereocenters. The second kappa shape index (κ2) is 10.2. The Labute approximate surface area is 189 Å². The Morgan fingerprint density at radius 3 is 2.57 bits per heavy atom. The summed E-state index contributed by atoms with van der Waals surface area (Å²) in [6.45, 7) is 4.85. The van der Waals surface area contributed by atoms with Gasteiger partial charge in [0.2, 0.25) is 11.8 Å². The van der Waals surface area contributed by atoms with Gasteiger partial charge in [0.25, 0.3) is 0 Å². The molecule has 1 heterocycles. The summed E-state index contributed by atoms with van der Waals surface area (Å²) in [5.74, 6) is 0.317. The minimum absolute atomic E-state index is 0.0912. The van der Waals surface area contributed by atoms with E-state index in [1.54, 1.807) is 23.1 Å². The van der Waals surface area contributed by atoms with Crippen molar-refractivity contribution in [3.05, 3.63) is 52.5 Å². The van der Waals surface area contributed by atoms with Gasteiger partial charge in [0, 0.05) is 18.7 Å². The molecule has 1 aliphatic heterocycles. The number of hydrogen-bond donors (Lipinski definition) is 1. The van der Waals surface area contributed by atoms with Crippen LogP contribution in [0.25, 0.3) is 0 Å². The minimum atomic E-state index is -0.601. The van der Waals surface area contributed by atoms with Crippen LogP contribution in [-0.2, 0) is 9.59 Å². The number of aliphatic imine (C=N–C) groups is 1. The zero-order valence-electron chi connectivity index (χ0n) is 16.5. The Hall–Kier alpha value is -2.22. The highest BCUT2D eigenvalue weighted by Gasteiger charge is 2.35. The molecule has 3 rings (SSSR count). The van der Waals surface area contributed by atoms with E-state index in [-0.39, 0.29) is 18.2 Å². The first-order valence-corrected chi connectivity index (χ1v) is 11.1. The molecular formula is C21H21Cl2N3O3S. The summed E-state index contributed by atoms with van der Waals surface area (Å²) in [5, 5.41) is 3.43. The molecule has 2 amide bonds. The van der Waals surface area contributed by atoms with Gasteiger partial charge in [-0.3, -0.25) is 14.5 Å². The molecular weight excluding hydrogens is 445 g/mol. The zero-order chi connectivity index (χ0) is 21.7. The minimum Gasteiger partial charge on any atom is -0.494 e. The summed E-state index contributed by atoms with van der Waals surface area (Å²) in [7, 11) is 0. The molecule has 1 saturated heterocycles. The number of nitrogens with one attached hydrogen (secondary N) is 1. The van der Waals surface area contributed by atoms with Gasteiger partial charge >= 0.3 is 0 Å². The van der Waals surface area contributed by atoms with E-state index in [1.807, 2.05) is 38.1 Å². The van der Waals surface area contributed by atoms with Gasteiger partial charge in [-0.1, -0.05) is 35.0 Å². The molecule has 2 aromatic carbocycles. The average molecular weight is 466 g/mol. The first-order valence-electron chi connectivity index (χ1n) is 9.45. The lowest BCUT2D eigenvalue weighted by atomic mass is 10.2. The molecule has 0 aromatic heterocycles. The maximum Gasteiger partial charge on any atom is 0.238 e. The molecule has 1 atom stereocenters. The van der Waals surface area contributed by atoms with E-state index in [1.165, 1.54) is 11.8 Å². The third kappa shape index (κ3) is 5.47. The number of carbonyl (C=O) groups excluding carboxylic acids is 2. The summed E-state index contributed by atoms with van der Waals surface area (Å²) >= 11 is 13.2. The Balaban J connectivity index is 1.78. The molecule has 1 fully saturated rings. The number of benzene rings is 2. The van der Waals surface area contributed by atoms with Crippen LogP contribution in [0.1, 0.15) is 20.3 Å². The number of nitrogens with zero attached hydrogens (tertiary/aromatic N) is 2. The molecule has 0 aliphatic carbocycles. The van der Waals surface area contributed by atoms with Crippen molar-refractivity contribution >= 4 is 63.3 Å². The number of carbonyl (C=O) groups is 2. The van der Waals surface area contributed by atoms with E-state index >= 15 is 0 Å². The summed E-state index contributed by atoms with van der Waals surface area (Å²) in [4.78, 5) is 31.6. The number of ether oxygens (including phenoxy) is 1. The van der Waals surface area contributed by atoms with Gasteiger partial charge < -0.3 is 10.1 Å². The second-order valence-electron chi connectivity index (χ2n) is 6.39.